The van der Waals surface area contributed by atoms with E-state index in [-0.39, 0.29) is 11.5 Å². The predicted octanol–water partition coefficient (Wildman–Crippen LogP) is 3.23. The summed E-state index contributed by atoms with van der Waals surface area (Å²) in [5.74, 6) is 0.461. The number of rotatable bonds is 4. The number of pyridine rings is 2. The zero-order valence-electron chi connectivity index (χ0n) is 16.2. The van der Waals surface area contributed by atoms with Crippen molar-refractivity contribution in [1.82, 2.24) is 19.4 Å². The number of aromatic amines is 1. The minimum atomic E-state index is -0.238. The van der Waals surface area contributed by atoms with Gasteiger partial charge < -0.3 is 14.5 Å². The number of hydrogen-bond donors (Lipinski definition) is 1. The molecule has 6 heteroatoms. The molecule has 0 saturated carbocycles. The summed E-state index contributed by atoms with van der Waals surface area (Å²) in [6, 6.07) is 9.10. The highest BCUT2D eigenvalue weighted by Gasteiger charge is 2.22. The van der Waals surface area contributed by atoms with Gasteiger partial charge in [0.05, 0.1) is 0 Å². The lowest BCUT2D eigenvalue weighted by Crippen LogP contribution is -2.33. The molecule has 0 unspecified atom stereocenters. The first kappa shape index (κ1) is 18.5. The maximum absolute atomic E-state index is 12.7. The van der Waals surface area contributed by atoms with E-state index in [4.69, 9.17) is 0 Å². The lowest BCUT2D eigenvalue weighted by Gasteiger charge is -2.20. The van der Waals surface area contributed by atoms with Gasteiger partial charge in [0.25, 0.3) is 5.91 Å². The van der Waals surface area contributed by atoms with E-state index in [1.165, 1.54) is 17.0 Å². The van der Waals surface area contributed by atoms with Crippen molar-refractivity contribution in [3.63, 3.8) is 0 Å². The molecule has 146 valence electrons. The van der Waals surface area contributed by atoms with Crippen LogP contribution in [0.3, 0.4) is 0 Å². The molecule has 3 aromatic rings. The number of carbonyl (C=O) groups excluding carboxylic acids is 1. The van der Waals surface area contributed by atoms with Crippen molar-refractivity contribution < 1.29 is 4.79 Å². The standard InChI is InChI=1S/C22H26N4O2/c1-2-25-12-9-18-14-17(15-23-21(18)25)13-16-5-4-10-26(11-8-16)22(28)19-6-3-7-20(27)24-19/h3,6-7,9,12,14-16H,2,4-5,8,10-11,13H2,1H3,(H,24,27)/t16-/m0/s1. The number of aryl methyl sites for hydroxylation is 1. The van der Waals surface area contributed by atoms with E-state index in [9.17, 15) is 9.59 Å². The number of carbonyl (C=O) groups is 1. The molecule has 3 aromatic heterocycles. The Morgan fingerprint density at radius 1 is 1.25 bits per heavy atom. The third-order valence-corrected chi connectivity index (χ3v) is 5.66. The Hall–Kier alpha value is -2.89. The highest BCUT2D eigenvalue weighted by Crippen LogP contribution is 2.24. The molecule has 1 atom stereocenters. The second-order valence-corrected chi connectivity index (χ2v) is 7.58. The molecule has 6 nitrogen and oxygen atoms in total. The number of H-pyrrole nitrogens is 1. The minimum absolute atomic E-state index is 0.0812. The second-order valence-electron chi connectivity index (χ2n) is 7.58. The summed E-state index contributed by atoms with van der Waals surface area (Å²) in [5, 5.41) is 1.19. The van der Waals surface area contributed by atoms with E-state index < -0.39 is 0 Å². The summed E-state index contributed by atoms with van der Waals surface area (Å²) in [6.07, 6.45) is 8.13. The molecule has 1 saturated heterocycles. The number of nitrogens with one attached hydrogen (secondary N) is 1. The van der Waals surface area contributed by atoms with Crippen LogP contribution in [-0.4, -0.2) is 38.4 Å². The summed E-state index contributed by atoms with van der Waals surface area (Å²) >= 11 is 0. The lowest BCUT2D eigenvalue weighted by atomic mass is 9.93. The summed E-state index contributed by atoms with van der Waals surface area (Å²) in [5.41, 5.74) is 2.44. The van der Waals surface area contributed by atoms with Crippen LogP contribution in [0.25, 0.3) is 11.0 Å². The highest BCUT2D eigenvalue weighted by molar-refractivity contribution is 5.92. The van der Waals surface area contributed by atoms with E-state index in [0.717, 1.165) is 51.0 Å². The molecule has 0 radical (unpaired) electrons. The van der Waals surface area contributed by atoms with Crippen LogP contribution < -0.4 is 5.56 Å². The van der Waals surface area contributed by atoms with Gasteiger partial charge in [-0.1, -0.05) is 6.07 Å². The average Bonchev–Trinajstić information content (AvgIpc) is 2.97. The molecular weight excluding hydrogens is 352 g/mol. The summed E-state index contributed by atoms with van der Waals surface area (Å²) < 4.78 is 2.15. The van der Waals surface area contributed by atoms with E-state index in [0.29, 0.717) is 11.6 Å². The average molecular weight is 378 g/mol. The lowest BCUT2D eigenvalue weighted by molar-refractivity contribution is 0.0754. The largest absolute Gasteiger partial charge is 0.337 e. The highest BCUT2D eigenvalue weighted by atomic mass is 16.2. The van der Waals surface area contributed by atoms with Crippen molar-refractivity contribution in [1.29, 1.82) is 0 Å². The normalized spacial score (nSPS) is 17.6. The number of hydrogen-bond acceptors (Lipinski definition) is 3. The van der Waals surface area contributed by atoms with Gasteiger partial charge in [0, 0.05) is 43.5 Å². The summed E-state index contributed by atoms with van der Waals surface area (Å²) in [6.45, 7) is 4.51. The van der Waals surface area contributed by atoms with Gasteiger partial charge in [-0.15, -0.1) is 0 Å². The van der Waals surface area contributed by atoms with Crippen LogP contribution in [0, 0.1) is 5.92 Å². The summed E-state index contributed by atoms with van der Waals surface area (Å²) in [7, 11) is 0. The third kappa shape index (κ3) is 3.86. The van der Waals surface area contributed by atoms with Crippen molar-refractivity contribution >= 4 is 16.9 Å². The van der Waals surface area contributed by atoms with Crippen LogP contribution in [0.5, 0.6) is 0 Å². The fraction of sp³-hybridized carbons (Fsp3) is 0.409. The quantitative estimate of drug-likeness (QED) is 0.758. The minimum Gasteiger partial charge on any atom is -0.337 e. The Kier molecular flexibility index (Phi) is 5.28. The van der Waals surface area contributed by atoms with Crippen molar-refractivity contribution in [3.8, 4) is 0 Å². The first-order chi connectivity index (χ1) is 13.6. The maximum atomic E-state index is 12.7. The molecule has 1 fully saturated rings. The fourth-order valence-electron chi connectivity index (χ4n) is 4.14. The monoisotopic (exact) mass is 378 g/mol. The van der Waals surface area contributed by atoms with Crippen LogP contribution in [0.4, 0.5) is 0 Å². The van der Waals surface area contributed by atoms with Gasteiger partial charge in [-0.25, -0.2) is 4.98 Å². The number of nitrogens with zero attached hydrogens (tertiary/aromatic N) is 3. The number of amides is 1. The molecule has 0 bridgehead atoms. The molecule has 4 rings (SSSR count). The number of fused-ring (bicyclic) bond motifs is 1. The van der Waals surface area contributed by atoms with Crippen molar-refractivity contribution in [2.75, 3.05) is 13.1 Å². The Balaban J connectivity index is 1.41. The van der Waals surface area contributed by atoms with Gasteiger partial charge in [0.2, 0.25) is 5.56 Å². The van der Waals surface area contributed by atoms with Crippen LogP contribution in [0.15, 0.2) is 47.5 Å². The second kappa shape index (κ2) is 8.00. The molecule has 0 spiro atoms. The molecule has 1 N–H and O–H groups in total. The van der Waals surface area contributed by atoms with E-state index in [2.05, 4.69) is 39.8 Å². The van der Waals surface area contributed by atoms with Crippen molar-refractivity contribution in [3.05, 3.63) is 64.3 Å². The molecule has 4 heterocycles. The van der Waals surface area contributed by atoms with Gasteiger partial charge in [-0.3, -0.25) is 9.59 Å². The molecule has 1 aliphatic rings. The smallest absolute Gasteiger partial charge is 0.270 e. The van der Waals surface area contributed by atoms with Crippen LogP contribution in [0.1, 0.15) is 42.2 Å². The van der Waals surface area contributed by atoms with E-state index in [1.807, 2.05) is 11.1 Å². The van der Waals surface area contributed by atoms with Gasteiger partial charge >= 0.3 is 0 Å². The fourth-order valence-corrected chi connectivity index (χ4v) is 4.14. The third-order valence-electron chi connectivity index (χ3n) is 5.66. The number of aromatic nitrogens is 3. The van der Waals surface area contributed by atoms with Crippen LogP contribution in [0.2, 0.25) is 0 Å². The Bertz CT molecular complexity index is 1040. The molecule has 1 aliphatic heterocycles. The van der Waals surface area contributed by atoms with Gasteiger partial charge in [-0.05, 0) is 62.3 Å². The van der Waals surface area contributed by atoms with Crippen molar-refractivity contribution in [2.45, 2.75) is 39.2 Å². The topological polar surface area (TPSA) is 71.0 Å². The number of likely N-dealkylation sites (tertiary alicyclic amines) is 1. The molecule has 0 aromatic carbocycles. The molecular formula is C22H26N4O2. The predicted molar refractivity (Wildman–Crippen MR) is 109 cm³/mol. The first-order valence-corrected chi connectivity index (χ1v) is 10.1. The Morgan fingerprint density at radius 2 is 2.14 bits per heavy atom. The molecule has 1 amide bonds. The van der Waals surface area contributed by atoms with Crippen LogP contribution in [-0.2, 0) is 13.0 Å². The maximum Gasteiger partial charge on any atom is 0.270 e. The van der Waals surface area contributed by atoms with E-state index >= 15 is 0 Å². The van der Waals surface area contributed by atoms with Gasteiger partial charge in [0.15, 0.2) is 0 Å². The van der Waals surface area contributed by atoms with E-state index in [1.54, 1.807) is 12.1 Å². The zero-order chi connectivity index (χ0) is 19.5. The molecule has 0 aliphatic carbocycles. The zero-order valence-corrected chi connectivity index (χ0v) is 16.2. The van der Waals surface area contributed by atoms with Crippen LogP contribution >= 0.6 is 0 Å². The Morgan fingerprint density at radius 3 is 2.96 bits per heavy atom. The van der Waals surface area contributed by atoms with Gasteiger partial charge in [-0.2, -0.15) is 0 Å². The molecule has 28 heavy (non-hydrogen) atoms. The SMILES string of the molecule is CCn1ccc2cc(C[C@H]3CCCN(C(=O)c4cccc(=O)[nH]4)CC3)cnc21. The first-order valence-electron chi connectivity index (χ1n) is 10.1. The summed E-state index contributed by atoms with van der Waals surface area (Å²) in [4.78, 5) is 33.3. The van der Waals surface area contributed by atoms with Crippen molar-refractivity contribution in [2.24, 2.45) is 5.92 Å². The van der Waals surface area contributed by atoms with Gasteiger partial charge in [0.1, 0.15) is 11.3 Å². The Labute approximate surface area is 164 Å².